The maximum Gasteiger partial charge on any atom is 0.325 e. The van der Waals surface area contributed by atoms with Gasteiger partial charge in [-0.2, -0.15) is 0 Å². The summed E-state index contributed by atoms with van der Waals surface area (Å²) in [5, 5.41) is 0. The minimum absolute atomic E-state index is 0.0835. The van der Waals surface area contributed by atoms with Crippen LogP contribution in [0.5, 0.6) is 0 Å². The first kappa shape index (κ1) is 20.7. The van der Waals surface area contributed by atoms with Crippen LogP contribution < -0.4 is 5.73 Å². The van der Waals surface area contributed by atoms with Gasteiger partial charge in [-0.3, -0.25) is 14.4 Å². The second kappa shape index (κ2) is 8.84. The average Bonchev–Trinajstić information content (AvgIpc) is 2.93. The van der Waals surface area contributed by atoms with E-state index in [1.165, 1.54) is 17.7 Å². The number of rotatable bonds is 4. The van der Waals surface area contributed by atoms with E-state index < -0.39 is 17.7 Å². The summed E-state index contributed by atoms with van der Waals surface area (Å²) in [5.74, 6) is -0.621. The van der Waals surface area contributed by atoms with Gasteiger partial charge in [0, 0.05) is 0 Å². The number of esters is 1. The third-order valence-corrected chi connectivity index (χ3v) is 5.67. The number of ether oxygens (including phenoxy) is 1. The SMILES string of the molecule is CCCC.CCOC(=O)CN1CC(=O)N2C(C[C@@H]3CCCC[C@@]32N)C1=O. The van der Waals surface area contributed by atoms with Crippen molar-refractivity contribution >= 4 is 17.8 Å². The van der Waals surface area contributed by atoms with Crippen LogP contribution in [-0.4, -0.2) is 59.0 Å². The number of hydrogen-bond donors (Lipinski definition) is 1. The van der Waals surface area contributed by atoms with E-state index in [0.29, 0.717) is 6.42 Å². The van der Waals surface area contributed by atoms with Crippen LogP contribution in [0, 0.1) is 5.92 Å². The van der Waals surface area contributed by atoms with Crippen LogP contribution in [0.3, 0.4) is 0 Å². The molecule has 3 rings (SSSR count). The topological polar surface area (TPSA) is 92.9 Å². The second-order valence-corrected chi connectivity index (χ2v) is 7.45. The first-order chi connectivity index (χ1) is 12.4. The van der Waals surface area contributed by atoms with Gasteiger partial charge in [-0.1, -0.05) is 33.1 Å². The Labute approximate surface area is 156 Å². The van der Waals surface area contributed by atoms with Gasteiger partial charge < -0.3 is 20.3 Å². The molecule has 2 heterocycles. The number of piperazine rings is 1. The van der Waals surface area contributed by atoms with Crippen LogP contribution in [0.4, 0.5) is 0 Å². The fourth-order valence-corrected chi connectivity index (χ4v) is 4.20. The molecule has 0 aromatic heterocycles. The first-order valence-electron chi connectivity index (χ1n) is 9.94. The van der Waals surface area contributed by atoms with E-state index in [1.54, 1.807) is 11.8 Å². The van der Waals surface area contributed by atoms with E-state index in [-0.39, 0.29) is 37.4 Å². The van der Waals surface area contributed by atoms with Crippen molar-refractivity contribution in [3.8, 4) is 0 Å². The number of hydrogen-bond acceptors (Lipinski definition) is 5. The van der Waals surface area contributed by atoms with Crippen LogP contribution in [0.15, 0.2) is 0 Å². The van der Waals surface area contributed by atoms with Crippen molar-refractivity contribution in [2.45, 2.75) is 77.4 Å². The Kier molecular flexibility index (Phi) is 7.03. The minimum Gasteiger partial charge on any atom is -0.465 e. The zero-order valence-corrected chi connectivity index (χ0v) is 16.3. The fraction of sp³-hybridized carbons (Fsp3) is 0.842. The molecule has 0 bridgehead atoms. The highest BCUT2D eigenvalue weighted by atomic mass is 16.5. The Hall–Kier alpha value is -1.63. The van der Waals surface area contributed by atoms with Crippen molar-refractivity contribution < 1.29 is 19.1 Å². The van der Waals surface area contributed by atoms with Crippen molar-refractivity contribution in [2.24, 2.45) is 11.7 Å². The Morgan fingerprint density at radius 3 is 2.54 bits per heavy atom. The van der Waals surface area contributed by atoms with Gasteiger partial charge in [-0.15, -0.1) is 0 Å². The van der Waals surface area contributed by atoms with E-state index in [4.69, 9.17) is 10.5 Å². The molecule has 1 unspecified atom stereocenters. The van der Waals surface area contributed by atoms with Crippen molar-refractivity contribution in [2.75, 3.05) is 19.7 Å². The minimum atomic E-state index is -0.675. The average molecular weight is 367 g/mol. The molecule has 0 aromatic rings. The number of carbonyl (C=O) groups excluding carboxylic acids is 3. The van der Waals surface area contributed by atoms with E-state index >= 15 is 0 Å². The molecule has 1 aliphatic carbocycles. The summed E-state index contributed by atoms with van der Waals surface area (Å²) in [7, 11) is 0. The zero-order chi connectivity index (χ0) is 19.3. The number of unbranched alkanes of at least 4 members (excludes halogenated alkanes) is 1. The smallest absolute Gasteiger partial charge is 0.325 e. The molecule has 2 amide bonds. The Morgan fingerprint density at radius 1 is 1.23 bits per heavy atom. The Balaban J connectivity index is 0.000000552. The number of fused-ring (bicyclic) bond motifs is 3. The lowest BCUT2D eigenvalue weighted by Gasteiger charge is -2.46. The van der Waals surface area contributed by atoms with E-state index in [2.05, 4.69) is 13.8 Å². The molecule has 26 heavy (non-hydrogen) atoms. The molecular weight excluding hydrogens is 334 g/mol. The van der Waals surface area contributed by atoms with Gasteiger partial charge in [0.2, 0.25) is 11.8 Å². The Bertz CT molecular complexity index is 537. The van der Waals surface area contributed by atoms with Crippen LogP contribution in [0.2, 0.25) is 0 Å². The number of nitrogens with zero attached hydrogens (tertiary/aromatic N) is 2. The van der Waals surface area contributed by atoms with Crippen molar-refractivity contribution in [3.63, 3.8) is 0 Å². The molecule has 148 valence electrons. The molecular formula is C19H33N3O4. The van der Waals surface area contributed by atoms with E-state index in [1.807, 2.05) is 0 Å². The van der Waals surface area contributed by atoms with Gasteiger partial charge in [0.25, 0.3) is 0 Å². The predicted molar refractivity (Wildman–Crippen MR) is 97.9 cm³/mol. The molecule has 7 nitrogen and oxygen atoms in total. The van der Waals surface area contributed by atoms with Crippen molar-refractivity contribution in [1.29, 1.82) is 0 Å². The quantitative estimate of drug-likeness (QED) is 0.763. The summed E-state index contributed by atoms with van der Waals surface area (Å²) in [6, 6.07) is -0.510. The highest BCUT2D eigenvalue weighted by Crippen LogP contribution is 2.46. The van der Waals surface area contributed by atoms with Gasteiger partial charge >= 0.3 is 5.97 Å². The summed E-state index contributed by atoms with van der Waals surface area (Å²) in [4.78, 5) is 39.7. The van der Waals surface area contributed by atoms with Gasteiger partial charge in [0.05, 0.1) is 12.3 Å². The lowest BCUT2D eigenvalue weighted by Crippen LogP contribution is -2.67. The number of amides is 2. The third kappa shape index (κ3) is 4.03. The largest absolute Gasteiger partial charge is 0.465 e. The lowest BCUT2D eigenvalue weighted by molar-refractivity contribution is -0.163. The molecule has 3 fully saturated rings. The normalized spacial score (nSPS) is 30.3. The maximum atomic E-state index is 12.6. The standard InChI is InChI=1S/C15H23N3O4.C4H10/c1-2-22-13(20)9-17-8-12(19)18-11(14(17)21)7-10-5-3-4-6-15(10,18)16;1-3-4-2/h10-11H,2-9,16H2,1H3;3-4H2,1-2H3/t10-,11?,15-;/m0./s1. The molecule has 2 aliphatic heterocycles. The molecule has 3 aliphatic rings. The monoisotopic (exact) mass is 367 g/mol. The summed E-state index contributed by atoms with van der Waals surface area (Å²) < 4.78 is 4.87. The maximum absolute atomic E-state index is 12.6. The summed E-state index contributed by atoms with van der Waals surface area (Å²) in [6.45, 7) is 6.09. The van der Waals surface area contributed by atoms with Crippen LogP contribution in [0.25, 0.3) is 0 Å². The number of carbonyl (C=O) groups is 3. The molecule has 3 atom stereocenters. The van der Waals surface area contributed by atoms with Crippen LogP contribution in [0.1, 0.15) is 65.7 Å². The second-order valence-electron chi connectivity index (χ2n) is 7.45. The van der Waals surface area contributed by atoms with Crippen LogP contribution >= 0.6 is 0 Å². The third-order valence-electron chi connectivity index (χ3n) is 5.67. The Morgan fingerprint density at radius 2 is 1.92 bits per heavy atom. The zero-order valence-electron chi connectivity index (χ0n) is 16.3. The number of nitrogens with two attached hydrogens (primary N) is 1. The van der Waals surface area contributed by atoms with E-state index in [9.17, 15) is 14.4 Å². The molecule has 2 saturated heterocycles. The molecule has 2 N–H and O–H groups in total. The lowest BCUT2D eigenvalue weighted by atomic mass is 9.80. The molecule has 7 heteroatoms. The fourth-order valence-electron chi connectivity index (χ4n) is 4.20. The summed E-state index contributed by atoms with van der Waals surface area (Å²) >= 11 is 0. The van der Waals surface area contributed by atoms with Gasteiger partial charge in [-0.05, 0) is 38.5 Å². The van der Waals surface area contributed by atoms with Gasteiger partial charge in [0.1, 0.15) is 19.1 Å². The molecule has 0 aromatic carbocycles. The highest BCUT2D eigenvalue weighted by Gasteiger charge is 2.58. The van der Waals surface area contributed by atoms with Gasteiger partial charge in [0.15, 0.2) is 0 Å². The summed E-state index contributed by atoms with van der Waals surface area (Å²) in [5.41, 5.74) is 5.83. The predicted octanol–water partition coefficient (Wildman–Crippen LogP) is 1.64. The molecule has 1 saturated carbocycles. The van der Waals surface area contributed by atoms with Gasteiger partial charge in [-0.25, -0.2) is 0 Å². The molecule has 0 spiro atoms. The first-order valence-corrected chi connectivity index (χ1v) is 9.94. The summed E-state index contributed by atoms with van der Waals surface area (Å²) in [6.07, 6.45) is 7.05. The van der Waals surface area contributed by atoms with Crippen molar-refractivity contribution in [1.82, 2.24) is 9.80 Å². The molecule has 0 radical (unpaired) electrons. The highest BCUT2D eigenvalue weighted by molar-refractivity contribution is 5.97. The van der Waals surface area contributed by atoms with E-state index in [0.717, 1.165) is 25.7 Å². The van der Waals surface area contributed by atoms with Crippen molar-refractivity contribution in [3.05, 3.63) is 0 Å². The van der Waals surface area contributed by atoms with Crippen LogP contribution in [-0.2, 0) is 19.1 Å².